The molecular weight excluding hydrogens is 318 g/mol. The summed E-state index contributed by atoms with van der Waals surface area (Å²) in [5.74, 6) is -0.0189. The van der Waals surface area contributed by atoms with Gasteiger partial charge in [0.2, 0.25) is 10.0 Å². The van der Waals surface area contributed by atoms with Gasteiger partial charge < -0.3 is 0 Å². The van der Waals surface area contributed by atoms with Gasteiger partial charge in [-0.15, -0.1) is 0 Å². The van der Waals surface area contributed by atoms with Crippen LogP contribution in [0.25, 0.3) is 11.1 Å². The fraction of sp³-hybridized carbons (Fsp3) is 0.100. The zero-order chi connectivity index (χ0) is 16.8. The van der Waals surface area contributed by atoms with Crippen molar-refractivity contribution in [3.05, 3.63) is 96.1 Å². The van der Waals surface area contributed by atoms with Crippen LogP contribution in [0.15, 0.2) is 84.9 Å². The Balaban J connectivity index is 1.64. The Hall–Kier alpha value is -2.43. The molecule has 0 bridgehead atoms. The molecule has 0 saturated heterocycles. The number of nitrogens with one attached hydrogen (secondary N) is 1. The molecule has 3 aromatic carbocycles. The highest BCUT2D eigenvalue weighted by Gasteiger charge is 2.11. The Kier molecular flexibility index (Phi) is 5.08. The van der Waals surface area contributed by atoms with Crippen LogP contribution in [0.1, 0.15) is 11.1 Å². The molecular formula is C20H19NO2S. The Labute approximate surface area is 143 Å². The molecule has 24 heavy (non-hydrogen) atoms. The fourth-order valence-corrected chi connectivity index (χ4v) is 3.60. The third-order valence-corrected chi connectivity index (χ3v) is 5.05. The molecule has 3 aromatic rings. The van der Waals surface area contributed by atoms with Crippen molar-refractivity contribution in [1.82, 2.24) is 4.72 Å². The lowest BCUT2D eigenvalue weighted by Gasteiger charge is -2.08. The monoisotopic (exact) mass is 337 g/mol. The second-order valence-corrected chi connectivity index (χ2v) is 7.44. The van der Waals surface area contributed by atoms with Gasteiger partial charge in [-0.2, -0.15) is 0 Å². The van der Waals surface area contributed by atoms with E-state index >= 15 is 0 Å². The fourth-order valence-electron chi connectivity index (χ4n) is 2.48. The molecule has 0 unspecified atom stereocenters. The minimum atomic E-state index is -3.36. The van der Waals surface area contributed by atoms with E-state index in [9.17, 15) is 8.42 Å². The SMILES string of the molecule is O=S(=O)(Cc1ccc(-c2ccccc2)cc1)NCc1ccccc1. The zero-order valence-corrected chi connectivity index (χ0v) is 14.0. The lowest BCUT2D eigenvalue weighted by molar-refractivity contribution is 0.580. The molecule has 0 heterocycles. The van der Waals surface area contributed by atoms with Crippen molar-refractivity contribution >= 4 is 10.0 Å². The predicted molar refractivity (Wildman–Crippen MR) is 97.8 cm³/mol. The maximum absolute atomic E-state index is 12.2. The van der Waals surface area contributed by atoms with Crippen LogP contribution < -0.4 is 4.72 Å². The Morgan fingerprint density at radius 3 is 1.79 bits per heavy atom. The lowest BCUT2D eigenvalue weighted by atomic mass is 10.0. The van der Waals surface area contributed by atoms with E-state index in [1.807, 2.05) is 84.9 Å². The van der Waals surface area contributed by atoms with Gasteiger partial charge >= 0.3 is 0 Å². The van der Waals surface area contributed by atoms with Crippen LogP contribution in [0.5, 0.6) is 0 Å². The quantitative estimate of drug-likeness (QED) is 0.740. The minimum absolute atomic E-state index is 0.0189. The molecule has 1 N–H and O–H groups in total. The van der Waals surface area contributed by atoms with Crippen molar-refractivity contribution < 1.29 is 8.42 Å². The predicted octanol–water partition coefficient (Wildman–Crippen LogP) is 3.97. The third kappa shape index (κ3) is 4.54. The molecule has 0 amide bonds. The highest BCUT2D eigenvalue weighted by atomic mass is 32.2. The first-order valence-corrected chi connectivity index (χ1v) is 9.43. The summed E-state index contributed by atoms with van der Waals surface area (Å²) in [6.45, 7) is 0.311. The van der Waals surface area contributed by atoms with Crippen LogP contribution in [0.4, 0.5) is 0 Å². The summed E-state index contributed by atoms with van der Waals surface area (Å²) >= 11 is 0. The summed E-state index contributed by atoms with van der Waals surface area (Å²) in [5, 5.41) is 0. The van der Waals surface area contributed by atoms with E-state index in [4.69, 9.17) is 0 Å². The average Bonchev–Trinajstić information content (AvgIpc) is 2.62. The van der Waals surface area contributed by atoms with E-state index in [0.717, 1.165) is 22.3 Å². The molecule has 3 rings (SSSR count). The minimum Gasteiger partial charge on any atom is -0.212 e. The van der Waals surface area contributed by atoms with Gasteiger partial charge in [-0.25, -0.2) is 13.1 Å². The summed E-state index contributed by atoms with van der Waals surface area (Å²) in [6, 6.07) is 27.2. The van der Waals surface area contributed by atoms with Crippen LogP contribution in [0.3, 0.4) is 0 Å². The number of rotatable bonds is 6. The van der Waals surface area contributed by atoms with E-state index < -0.39 is 10.0 Å². The lowest BCUT2D eigenvalue weighted by Crippen LogP contribution is -2.24. The smallest absolute Gasteiger partial charge is 0.212 e. The van der Waals surface area contributed by atoms with Gasteiger partial charge in [0.25, 0.3) is 0 Å². The number of hydrogen-bond acceptors (Lipinski definition) is 2. The first-order chi connectivity index (χ1) is 11.6. The van der Waals surface area contributed by atoms with Gasteiger partial charge in [0.1, 0.15) is 0 Å². The summed E-state index contributed by atoms with van der Waals surface area (Å²) < 4.78 is 27.1. The maximum atomic E-state index is 12.2. The molecule has 0 aliphatic heterocycles. The van der Waals surface area contributed by atoms with Crippen molar-refractivity contribution in [3.63, 3.8) is 0 Å². The van der Waals surface area contributed by atoms with E-state index in [0.29, 0.717) is 6.54 Å². The second kappa shape index (κ2) is 7.43. The molecule has 0 spiro atoms. The Bertz CT molecular complexity index is 874. The van der Waals surface area contributed by atoms with Gasteiger partial charge in [-0.05, 0) is 22.3 Å². The molecule has 122 valence electrons. The van der Waals surface area contributed by atoms with E-state index in [2.05, 4.69) is 4.72 Å². The zero-order valence-electron chi connectivity index (χ0n) is 13.2. The van der Waals surface area contributed by atoms with Crippen LogP contribution >= 0.6 is 0 Å². The van der Waals surface area contributed by atoms with Crippen LogP contribution in [0.2, 0.25) is 0 Å². The van der Waals surface area contributed by atoms with E-state index in [1.165, 1.54) is 0 Å². The topological polar surface area (TPSA) is 46.2 Å². The molecule has 0 aliphatic carbocycles. The summed E-state index contributed by atoms with van der Waals surface area (Å²) in [6.07, 6.45) is 0. The maximum Gasteiger partial charge on any atom is 0.216 e. The standard InChI is InChI=1S/C20H19NO2S/c22-24(23,21-15-17-7-3-1-4-8-17)16-18-11-13-20(14-12-18)19-9-5-2-6-10-19/h1-14,21H,15-16H2. The summed E-state index contributed by atoms with van der Waals surface area (Å²) in [7, 11) is -3.36. The van der Waals surface area contributed by atoms with Crippen molar-refractivity contribution in [2.45, 2.75) is 12.3 Å². The van der Waals surface area contributed by atoms with Crippen LogP contribution in [-0.4, -0.2) is 8.42 Å². The van der Waals surface area contributed by atoms with Crippen molar-refractivity contribution in [2.24, 2.45) is 0 Å². The first-order valence-electron chi connectivity index (χ1n) is 7.78. The normalized spacial score (nSPS) is 11.3. The highest BCUT2D eigenvalue weighted by molar-refractivity contribution is 7.88. The first kappa shape index (κ1) is 16.4. The molecule has 0 saturated carbocycles. The summed E-state index contributed by atoms with van der Waals surface area (Å²) in [5.41, 5.74) is 3.92. The highest BCUT2D eigenvalue weighted by Crippen LogP contribution is 2.19. The van der Waals surface area contributed by atoms with Gasteiger partial charge in [-0.1, -0.05) is 84.9 Å². The molecule has 0 radical (unpaired) electrons. The Morgan fingerprint density at radius 2 is 1.17 bits per heavy atom. The van der Waals surface area contributed by atoms with Crippen LogP contribution in [-0.2, 0) is 22.3 Å². The summed E-state index contributed by atoms with van der Waals surface area (Å²) in [4.78, 5) is 0. The largest absolute Gasteiger partial charge is 0.216 e. The van der Waals surface area contributed by atoms with Gasteiger partial charge in [0.15, 0.2) is 0 Å². The second-order valence-electron chi connectivity index (χ2n) is 5.63. The van der Waals surface area contributed by atoms with E-state index in [1.54, 1.807) is 0 Å². The molecule has 0 atom stereocenters. The number of hydrogen-bond donors (Lipinski definition) is 1. The third-order valence-electron chi connectivity index (χ3n) is 3.76. The van der Waals surface area contributed by atoms with Crippen molar-refractivity contribution in [2.75, 3.05) is 0 Å². The van der Waals surface area contributed by atoms with Gasteiger partial charge in [0, 0.05) is 6.54 Å². The van der Waals surface area contributed by atoms with Gasteiger partial charge in [0.05, 0.1) is 5.75 Å². The number of benzene rings is 3. The van der Waals surface area contributed by atoms with Crippen LogP contribution in [0, 0.1) is 0 Å². The molecule has 0 aliphatic rings. The van der Waals surface area contributed by atoms with Crippen molar-refractivity contribution in [3.8, 4) is 11.1 Å². The Morgan fingerprint density at radius 1 is 0.625 bits per heavy atom. The van der Waals surface area contributed by atoms with Crippen molar-refractivity contribution in [1.29, 1.82) is 0 Å². The average molecular weight is 337 g/mol. The number of sulfonamides is 1. The molecule has 4 heteroatoms. The van der Waals surface area contributed by atoms with Gasteiger partial charge in [-0.3, -0.25) is 0 Å². The van der Waals surface area contributed by atoms with E-state index in [-0.39, 0.29) is 5.75 Å². The molecule has 3 nitrogen and oxygen atoms in total. The molecule has 0 aromatic heterocycles. The molecule has 0 fully saturated rings.